The first-order valence-corrected chi connectivity index (χ1v) is 9.31. The molecule has 3 N–H and O–H groups in total. The number of carbonyl (C=O) groups is 1. The van der Waals surface area contributed by atoms with Crippen molar-refractivity contribution in [3.8, 4) is 12.3 Å². The molecular formula is C22H23FN4O2. The Morgan fingerprint density at radius 2 is 2.28 bits per heavy atom. The highest BCUT2D eigenvalue weighted by Crippen LogP contribution is 2.28. The Bertz CT molecular complexity index is 1090. The summed E-state index contributed by atoms with van der Waals surface area (Å²) in [6, 6.07) is 5.51. The minimum Gasteiger partial charge on any atom is -0.361 e. The van der Waals surface area contributed by atoms with Gasteiger partial charge in [-0.15, -0.1) is 6.42 Å². The molecule has 0 saturated heterocycles. The van der Waals surface area contributed by atoms with Crippen molar-refractivity contribution in [2.45, 2.75) is 26.7 Å². The Hall–Kier alpha value is -3.37. The maximum absolute atomic E-state index is 13.7. The van der Waals surface area contributed by atoms with Gasteiger partial charge in [0, 0.05) is 17.5 Å². The molecule has 0 atom stereocenters. The van der Waals surface area contributed by atoms with Crippen LogP contribution >= 0.6 is 0 Å². The third kappa shape index (κ3) is 5.56. The first-order valence-electron chi connectivity index (χ1n) is 9.31. The van der Waals surface area contributed by atoms with Gasteiger partial charge in [-0.25, -0.2) is 14.9 Å². The van der Waals surface area contributed by atoms with Crippen LogP contribution in [0.15, 0.2) is 36.3 Å². The van der Waals surface area contributed by atoms with Crippen LogP contribution in [0.4, 0.5) is 10.1 Å². The summed E-state index contributed by atoms with van der Waals surface area (Å²) >= 11 is 0. The van der Waals surface area contributed by atoms with Gasteiger partial charge in [0.05, 0.1) is 23.9 Å². The van der Waals surface area contributed by atoms with E-state index in [4.69, 9.17) is 11.3 Å². The maximum Gasteiger partial charge on any atom is 0.276 e. The molecule has 2 aromatic rings. The summed E-state index contributed by atoms with van der Waals surface area (Å²) in [6.07, 6.45) is 12.1. The lowest BCUT2D eigenvalue weighted by molar-refractivity contribution is -0.129. The van der Waals surface area contributed by atoms with Crippen molar-refractivity contribution in [3.05, 3.63) is 58.1 Å². The highest BCUT2D eigenvalue weighted by Gasteiger charge is 2.22. The number of aromatic nitrogens is 2. The molecule has 3 rings (SSSR count). The largest absolute Gasteiger partial charge is 0.361 e. The molecule has 0 radical (unpaired) electrons. The van der Waals surface area contributed by atoms with E-state index in [0.717, 1.165) is 29.7 Å². The monoisotopic (exact) mass is 394 g/mol. The quantitative estimate of drug-likeness (QED) is 0.381. The molecule has 1 aliphatic rings. The third-order valence-corrected chi connectivity index (χ3v) is 4.51. The summed E-state index contributed by atoms with van der Waals surface area (Å²) < 4.78 is 13.7. The van der Waals surface area contributed by atoms with E-state index in [9.17, 15) is 9.18 Å². The third-order valence-electron chi connectivity index (χ3n) is 4.51. The zero-order valence-corrected chi connectivity index (χ0v) is 16.4. The van der Waals surface area contributed by atoms with Gasteiger partial charge >= 0.3 is 0 Å². The lowest BCUT2D eigenvalue weighted by Gasteiger charge is -2.09. The fourth-order valence-electron chi connectivity index (χ4n) is 2.66. The van der Waals surface area contributed by atoms with Crippen molar-refractivity contribution in [1.82, 2.24) is 15.4 Å². The van der Waals surface area contributed by atoms with Crippen molar-refractivity contribution >= 4 is 23.5 Å². The fraction of sp³-hybridized carbons (Fsp3) is 0.273. The van der Waals surface area contributed by atoms with Gasteiger partial charge in [-0.1, -0.05) is 5.92 Å². The molecule has 6 nitrogen and oxygen atoms in total. The van der Waals surface area contributed by atoms with Crippen LogP contribution in [0.2, 0.25) is 0 Å². The molecule has 0 spiro atoms. The van der Waals surface area contributed by atoms with Crippen LogP contribution in [-0.4, -0.2) is 22.5 Å². The van der Waals surface area contributed by atoms with Gasteiger partial charge in [-0.3, -0.25) is 9.63 Å². The van der Waals surface area contributed by atoms with Crippen molar-refractivity contribution in [3.63, 3.8) is 0 Å². The van der Waals surface area contributed by atoms with Gasteiger partial charge in [0.25, 0.3) is 5.91 Å². The predicted molar refractivity (Wildman–Crippen MR) is 110 cm³/mol. The van der Waals surface area contributed by atoms with Crippen molar-refractivity contribution in [2.75, 3.05) is 11.9 Å². The minimum atomic E-state index is -0.451. The topological polar surface area (TPSA) is 79.0 Å². The molecule has 1 fully saturated rings. The summed E-state index contributed by atoms with van der Waals surface area (Å²) in [7, 11) is 0. The van der Waals surface area contributed by atoms with Gasteiger partial charge in [0.2, 0.25) is 0 Å². The molecule has 0 unspecified atom stereocenters. The van der Waals surface area contributed by atoms with E-state index >= 15 is 0 Å². The number of terminal acetylenes is 1. The van der Waals surface area contributed by atoms with E-state index < -0.39 is 11.7 Å². The standard InChI is InChI=1S/C22H23FN4O2/c1-4-16-7-8-19(14(2)9-16)24-11-18(22(28)27-29-12-17-5-6-17)10-20-21(15(3)23)26-13-25-20/h1,7-11,13,17,24H,5-6,12H2,2-3H3,(H,25,26)(H,27,28)/b18-11-,20-10+,21-15-. The zero-order valence-electron chi connectivity index (χ0n) is 16.4. The van der Waals surface area contributed by atoms with Crippen LogP contribution in [0.3, 0.4) is 0 Å². The van der Waals surface area contributed by atoms with Gasteiger partial charge in [-0.2, -0.15) is 0 Å². The summed E-state index contributed by atoms with van der Waals surface area (Å²) in [4.78, 5) is 24.7. The van der Waals surface area contributed by atoms with Crippen LogP contribution in [0.25, 0.3) is 11.9 Å². The lowest BCUT2D eigenvalue weighted by Crippen LogP contribution is -2.30. The molecule has 1 aromatic carbocycles. The van der Waals surface area contributed by atoms with Crippen molar-refractivity contribution in [1.29, 1.82) is 0 Å². The second-order valence-electron chi connectivity index (χ2n) is 6.95. The van der Waals surface area contributed by atoms with E-state index in [2.05, 4.69) is 26.7 Å². The number of H-pyrrole nitrogens is 1. The first kappa shape index (κ1) is 20.4. The maximum atomic E-state index is 13.7. The summed E-state index contributed by atoms with van der Waals surface area (Å²) in [6.45, 7) is 3.70. The van der Waals surface area contributed by atoms with Crippen LogP contribution in [-0.2, 0) is 9.63 Å². The van der Waals surface area contributed by atoms with E-state index in [0.29, 0.717) is 17.9 Å². The number of halogens is 1. The van der Waals surface area contributed by atoms with Crippen LogP contribution < -0.4 is 21.5 Å². The van der Waals surface area contributed by atoms with Crippen LogP contribution in [0, 0.1) is 25.2 Å². The van der Waals surface area contributed by atoms with Gasteiger partial charge < -0.3 is 10.3 Å². The number of aryl methyl sites for hydroxylation is 1. The molecular weight excluding hydrogens is 371 g/mol. The van der Waals surface area contributed by atoms with Crippen LogP contribution in [0.1, 0.15) is 30.9 Å². The molecule has 1 aliphatic carbocycles. The van der Waals surface area contributed by atoms with Crippen LogP contribution in [0.5, 0.6) is 0 Å². The number of hydrogen-bond donors (Lipinski definition) is 3. The molecule has 0 aliphatic heterocycles. The number of anilines is 1. The van der Waals surface area contributed by atoms with Gasteiger partial charge in [0.1, 0.15) is 11.2 Å². The Kier molecular flexibility index (Phi) is 6.47. The Labute approximate surface area is 168 Å². The van der Waals surface area contributed by atoms with Gasteiger partial charge in [-0.05, 0) is 62.4 Å². The molecule has 1 aromatic heterocycles. The highest BCUT2D eigenvalue weighted by atomic mass is 19.1. The number of aromatic amines is 1. The number of amides is 1. The Balaban J connectivity index is 1.88. The molecule has 29 heavy (non-hydrogen) atoms. The number of rotatable bonds is 7. The molecule has 0 bridgehead atoms. The predicted octanol–water partition coefficient (Wildman–Crippen LogP) is 2.03. The number of hydroxylamine groups is 1. The van der Waals surface area contributed by atoms with Crippen molar-refractivity contribution in [2.24, 2.45) is 5.92 Å². The van der Waals surface area contributed by atoms with E-state index in [1.165, 1.54) is 25.5 Å². The van der Waals surface area contributed by atoms with E-state index in [-0.39, 0.29) is 10.9 Å². The molecule has 150 valence electrons. The number of carbonyl (C=O) groups excluding carboxylic acids is 1. The van der Waals surface area contributed by atoms with E-state index in [1.807, 2.05) is 19.1 Å². The average Bonchev–Trinajstić information content (AvgIpc) is 3.40. The number of nitrogens with zero attached hydrogens (tertiary/aromatic N) is 1. The molecule has 1 saturated carbocycles. The summed E-state index contributed by atoms with van der Waals surface area (Å²) in [5.41, 5.74) is 5.18. The Morgan fingerprint density at radius 1 is 1.48 bits per heavy atom. The zero-order chi connectivity index (χ0) is 20.8. The molecule has 1 heterocycles. The normalized spacial score (nSPS) is 15.7. The smallest absolute Gasteiger partial charge is 0.276 e. The molecule has 7 heteroatoms. The fourth-order valence-corrected chi connectivity index (χ4v) is 2.66. The Morgan fingerprint density at radius 3 is 2.93 bits per heavy atom. The SMILES string of the molecule is C#Cc1ccc(N/C=C(/C=c2/[nH]cn/c2=C(/C)F)C(=O)NOCC2CC2)c(C)c1. The average molecular weight is 394 g/mol. The second-order valence-corrected chi connectivity index (χ2v) is 6.95. The van der Waals surface area contributed by atoms with Gasteiger partial charge in [0.15, 0.2) is 0 Å². The minimum absolute atomic E-state index is 0.150. The van der Waals surface area contributed by atoms with Crippen molar-refractivity contribution < 1.29 is 14.0 Å². The second kappa shape index (κ2) is 9.22. The number of benzene rings is 1. The molecule has 1 amide bonds. The number of hydrogen-bond acceptors (Lipinski definition) is 4. The summed E-state index contributed by atoms with van der Waals surface area (Å²) in [5, 5.41) is 3.64. The number of nitrogens with one attached hydrogen (secondary N) is 3. The lowest BCUT2D eigenvalue weighted by atomic mass is 10.1. The number of imidazole rings is 1. The highest BCUT2D eigenvalue weighted by molar-refractivity contribution is 6.01. The van der Waals surface area contributed by atoms with E-state index in [1.54, 1.807) is 6.07 Å². The summed E-state index contributed by atoms with van der Waals surface area (Å²) in [5.74, 6) is 2.19. The first-order chi connectivity index (χ1) is 14.0.